The third-order valence-corrected chi connectivity index (χ3v) is 2.65. The summed E-state index contributed by atoms with van der Waals surface area (Å²) in [4.78, 5) is 0. The van der Waals surface area contributed by atoms with Crippen molar-refractivity contribution < 1.29 is 0 Å². The number of hydrogen-bond acceptors (Lipinski definition) is 3. The molecule has 1 aromatic heterocycles. The standard InChI is InChI=1S/C11H13ClN4/c1-16-10(5-6-13)14-15-11(16)8-3-2-4-9(12)7-8/h2-4,7H,5-6,13H2,1H3. The molecule has 84 valence electrons. The van der Waals surface area contributed by atoms with Crippen molar-refractivity contribution in [3.8, 4) is 11.4 Å². The van der Waals surface area contributed by atoms with Crippen molar-refractivity contribution in [2.24, 2.45) is 12.8 Å². The number of nitrogens with two attached hydrogens (primary N) is 1. The molecule has 0 aliphatic heterocycles. The Kier molecular flexibility index (Phi) is 3.22. The van der Waals surface area contributed by atoms with Gasteiger partial charge in [-0.25, -0.2) is 0 Å². The van der Waals surface area contributed by atoms with Gasteiger partial charge in [-0.05, 0) is 18.7 Å². The van der Waals surface area contributed by atoms with Gasteiger partial charge in [-0.3, -0.25) is 0 Å². The molecule has 1 heterocycles. The normalized spacial score (nSPS) is 10.7. The molecule has 0 aliphatic carbocycles. The molecule has 16 heavy (non-hydrogen) atoms. The lowest BCUT2D eigenvalue weighted by Crippen LogP contribution is -2.08. The van der Waals surface area contributed by atoms with Crippen LogP contribution in [0, 0.1) is 0 Å². The van der Waals surface area contributed by atoms with Gasteiger partial charge in [-0.2, -0.15) is 0 Å². The first-order chi connectivity index (χ1) is 7.72. The summed E-state index contributed by atoms with van der Waals surface area (Å²) < 4.78 is 1.94. The van der Waals surface area contributed by atoms with Crippen LogP contribution >= 0.6 is 11.6 Å². The van der Waals surface area contributed by atoms with Gasteiger partial charge in [-0.1, -0.05) is 23.7 Å². The molecule has 0 amide bonds. The Bertz CT molecular complexity index is 492. The Morgan fingerprint density at radius 2 is 2.19 bits per heavy atom. The molecule has 2 N–H and O–H groups in total. The summed E-state index contributed by atoms with van der Waals surface area (Å²) in [5.74, 6) is 1.70. The maximum absolute atomic E-state index is 5.94. The third-order valence-electron chi connectivity index (χ3n) is 2.42. The lowest BCUT2D eigenvalue weighted by molar-refractivity contribution is 0.780. The molecule has 0 saturated heterocycles. The fourth-order valence-corrected chi connectivity index (χ4v) is 1.78. The van der Waals surface area contributed by atoms with E-state index < -0.39 is 0 Å². The summed E-state index contributed by atoms with van der Waals surface area (Å²) >= 11 is 5.94. The second-order valence-electron chi connectivity index (χ2n) is 3.55. The lowest BCUT2D eigenvalue weighted by atomic mass is 10.2. The number of nitrogens with zero attached hydrogens (tertiary/aromatic N) is 3. The molecule has 0 aliphatic rings. The molecular formula is C11H13ClN4. The topological polar surface area (TPSA) is 56.7 Å². The second kappa shape index (κ2) is 4.63. The van der Waals surface area contributed by atoms with Gasteiger partial charge in [0.2, 0.25) is 0 Å². The molecule has 5 heteroatoms. The first-order valence-corrected chi connectivity index (χ1v) is 5.44. The molecule has 2 aromatic rings. The Balaban J connectivity index is 2.41. The maximum atomic E-state index is 5.94. The molecule has 0 saturated carbocycles. The van der Waals surface area contributed by atoms with Crippen LogP contribution in [-0.2, 0) is 13.5 Å². The number of hydrogen-bond donors (Lipinski definition) is 1. The molecule has 0 atom stereocenters. The van der Waals surface area contributed by atoms with Crippen molar-refractivity contribution in [3.63, 3.8) is 0 Å². The van der Waals surface area contributed by atoms with Crippen molar-refractivity contribution in [3.05, 3.63) is 35.1 Å². The van der Waals surface area contributed by atoms with Gasteiger partial charge >= 0.3 is 0 Å². The van der Waals surface area contributed by atoms with Crippen molar-refractivity contribution >= 4 is 11.6 Å². The van der Waals surface area contributed by atoms with Crippen LogP contribution in [0.5, 0.6) is 0 Å². The minimum atomic E-state index is 0.571. The fraction of sp³-hybridized carbons (Fsp3) is 0.273. The number of benzene rings is 1. The zero-order valence-corrected chi connectivity index (χ0v) is 9.78. The molecular weight excluding hydrogens is 224 g/mol. The van der Waals surface area contributed by atoms with Gasteiger partial charge in [0.25, 0.3) is 0 Å². The summed E-state index contributed by atoms with van der Waals surface area (Å²) in [7, 11) is 1.93. The highest BCUT2D eigenvalue weighted by molar-refractivity contribution is 6.30. The summed E-state index contributed by atoms with van der Waals surface area (Å²) in [6.07, 6.45) is 0.726. The van der Waals surface area contributed by atoms with E-state index >= 15 is 0 Å². The van der Waals surface area contributed by atoms with Gasteiger partial charge in [0.15, 0.2) is 5.82 Å². The Labute approximate surface area is 99.1 Å². The molecule has 0 bridgehead atoms. The van der Waals surface area contributed by atoms with E-state index in [0.717, 1.165) is 23.6 Å². The van der Waals surface area contributed by atoms with Gasteiger partial charge in [-0.15, -0.1) is 10.2 Å². The van der Waals surface area contributed by atoms with Crippen molar-refractivity contribution in [2.45, 2.75) is 6.42 Å². The van der Waals surface area contributed by atoms with Crippen LogP contribution in [0.25, 0.3) is 11.4 Å². The van der Waals surface area contributed by atoms with E-state index in [9.17, 15) is 0 Å². The number of aromatic nitrogens is 3. The van der Waals surface area contributed by atoms with Crippen LogP contribution < -0.4 is 5.73 Å². The molecule has 0 radical (unpaired) electrons. The average Bonchev–Trinajstić information content (AvgIpc) is 2.61. The van der Waals surface area contributed by atoms with Crippen LogP contribution in [0.2, 0.25) is 5.02 Å². The monoisotopic (exact) mass is 236 g/mol. The molecule has 2 rings (SSSR count). The van der Waals surface area contributed by atoms with E-state index in [-0.39, 0.29) is 0 Å². The van der Waals surface area contributed by atoms with Crippen LogP contribution in [0.3, 0.4) is 0 Å². The largest absolute Gasteiger partial charge is 0.330 e. The highest BCUT2D eigenvalue weighted by Crippen LogP contribution is 2.20. The zero-order chi connectivity index (χ0) is 11.5. The smallest absolute Gasteiger partial charge is 0.163 e. The summed E-state index contributed by atoms with van der Waals surface area (Å²) in [6, 6.07) is 7.57. The lowest BCUT2D eigenvalue weighted by Gasteiger charge is -2.03. The quantitative estimate of drug-likeness (QED) is 0.882. The van der Waals surface area contributed by atoms with E-state index in [1.807, 2.05) is 35.9 Å². The second-order valence-corrected chi connectivity index (χ2v) is 3.98. The van der Waals surface area contributed by atoms with Crippen molar-refractivity contribution in [1.29, 1.82) is 0 Å². The predicted octanol–water partition coefficient (Wildman–Crippen LogP) is 1.64. The van der Waals surface area contributed by atoms with E-state index in [1.54, 1.807) is 0 Å². The molecule has 0 fully saturated rings. The fourth-order valence-electron chi connectivity index (χ4n) is 1.59. The summed E-state index contributed by atoms with van der Waals surface area (Å²) in [6.45, 7) is 0.571. The zero-order valence-electron chi connectivity index (χ0n) is 9.02. The predicted molar refractivity (Wildman–Crippen MR) is 64.2 cm³/mol. The average molecular weight is 237 g/mol. The molecule has 4 nitrogen and oxygen atoms in total. The van der Waals surface area contributed by atoms with Gasteiger partial charge in [0.05, 0.1) is 0 Å². The van der Waals surface area contributed by atoms with Crippen LogP contribution in [0.1, 0.15) is 5.82 Å². The molecule has 0 spiro atoms. The van der Waals surface area contributed by atoms with Crippen LogP contribution in [-0.4, -0.2) is 21.3 Å². The number of halogens is 1. The number of rotatable bonds is 3. The van der Waals surface area contributed by atoms with Crippen LogP contribution in [0.15, 0.2) is 24.3 Å². The van der Waals surface area contributed by atoms with E-state index in [2.05, 4.69) is 10.2 Å². The minimum Gasteiger partial charge on any atom is -0.330 e. The first kappa shape index (κ1) is 11.1. The van der Waals surface area contributed by atoms with E-state index in [1.165, 1.54) is 0 Å². The first-order valence-electron chi connectivity index (χ1n) is 5.06. The van der Waals surface area contributed by atoms with Gasteiger partial charge < -0.3 is 10.3 Å². The SMILES string of the molecule is Cn1c(CCN)nnc1-c1cccc(Cl)c1. The van der Waals surface area contributed by atoms with Crippen molar-refractivity contribution in [1.82, 2.24) is 14.8 Å². The Morgan fingerprint density at radius 3 is 2.88 bits per heavy atom. The van der Waals surface area contributed by atoms with Crippen LogP contribution in [0.4, 0.5) is 0 Å². The van der Waals surface area contributed by atoms with E-state index in [4.69, 9.17) is 17.3 Å². The summed E-state index contributed by atoms with van der Waals surface area (Å²) in [5.41, 5.74) is 6.46. The Hall–Kier alpha value is -1.39. The van der Waals surface area contributed by atoms with E-state index in [0.29, 0.717) is 11.6 Å². The third kappa shape index (κ3) is 2.08. The highest BCUT2D eigenvalue weighted by atomic mass is 35.5. The maximum Gasteiger partial charge on any atom is 0.163 e. The van der Waals surface area contributed by atoms with Crippen molar-refractivity contribution in [2.75, 3.05) is 6.54 Å². The van der Waals surface area contributed by atoms with Gasteiger partial charge in [0.1, 0.15) is 5.82 Å². The molecule has 0 unspecified atom stereocenters. The minimum absolute atomic E-state index is 0.571. The molecule has 1 aromatic carbocycles. The summed E-state index contributed by atoms with van der Waals surface area (Å²) in [5, 5.41) is 8.94. The highest BCUT2D eigenvalue weighted by Gasteiger charge is 2.09. The van der Waals surface area contributed by atoms with Gasteiger partial charge in [0, 0.05) is 24.1 Å². The Morgan fingerprint density at radius 1 is 1.38 bits per heavy atom.